The molecule has 6 nitrogen and oxygen atoms in total. The summed E-state index contributed by atoms with van der Waals surface area (Å²) in [6.45, 7) is 1.54. The molecule has 7 heteroatoms. The predicted molar refractivity (Wildman–Crippen MR) is 76.6 cm³/mol. The molecule has 0 bridgehead atoms. The van der Waals surface area contributed by atoms with Gasteiger partial charge in [0.2, 0.25) is 5.16 Å². The fraction of sp³-hybridized carbons (Fsp3) is 0.462. The minimum atomic E-state index is -3.56. The van der Waals surface area contributed by atoms with Crippen LogP contribution in [-0.4, -0.2) is 42.3 Å². The van der Waals surface area contributed by atoms with Gasteiger partial charge in [-0.2, -0.15) is 4.31 Å². The Labute approximate surface area is 118 Å². The van der Waals surface area contributed by atoms with Crippen LogP contribution in [-0.2, 0) is 10.0 Å². The first-order valence-electron chi connectivity index (χ1n) is 6.76. The number of nitrogens with two attached hydrogens (primary N) is 1. The van der Waals surface area contributed by atoms with E-state index in [2.05, 4.69) is 9.97 Å². The second-order valence-electron chi connectivity index (χ2n) is 5.17. The smallest absolute Gasteiger partial charge is 0.276 e. The highest BCUT2D eigenvalue weighted by Crippen LogP contribution is 2.23. The van der Waals surface area contributed by atoms with Crippen molar-refractivity contribution in [2.24, 2.45) is 11.7 Å². The molecule has 20 heavy (non-hydrogen) atoms. The van der Waals surface area contributed by atoms with Crippen LogP contribution in [0.5, 0.6) is 0 Å². The molecule has 0 aliphatic carbocycles. The zero-order valence-electron chi connectivity index (χ0n) is 11.1. The van der Waals surface area contributed by atoms with Crippen LogP contribution in [0, 0.1) is 5.92 Å². The van der Waals surface area contributed by atoms with Crippen LogP contribution >= 0.6 is 0 Å². The van der Waals surface area contributed by atoms with Crippen LogP contribution in [0.15, 0.2) is 29.4 Å². The van der Waals surface area contributed by atoms with E-state index in [4.69, 9.17) is 5.73 Å². The second-order valence-corrected chi connectivity index (χ2v) is 7.02. The van der Waals surface area contributed by atoms with Gasteiger partial charge in [-0.3, -0.25) is 0 Å². The zero-order chi connectivity index (χ0) is 14.2. The van der Waals surface area contributed by atoms with E-state index < -0.39 is 10.0 Å². The number of benzene rings is 1. The van der Waals surface area contributed by atoms with Gasteiger partial charge in [0.15, 0.2) is 0 Å². The summed E-state index contributed by atoms with van der Waals surface area (Å²) in [5, 5.41) is 0.0244. The average Bonchev–Trinajstić information content (AvgIpc) is 2.92. The van der Waals surface area contributed by atoms with E-state index in [0.717, 1.165) is 18.4 Å². The molecule has 0 unspecified atom stereocenters. The van der Waals surface area contributed by atoms with Crippen molar-refractivity contribution in [3.63, 3.8) is 0 Å². The Kier molecular flexibility index (Phi) is 3.49. The van der Waals surface area contributed by atoms with Gasteiger partial charge in [-0.25, -0.2) is 13.4 Å². The van der Waals surface area contributed by atoms with Crippen molar-refractivity contribution >= 4 is 21.1 Å². The number of para-hydroxylation sites is 2. The number of imidazole rings is 1. The molecular formula is C13H18N4O2S. The normalized spacial score (nSPS) is 21.4. The van der Waals surface area contributed by atoms with Crippen molar-refractivity contribution in [1.29, 1.82) is 0 Å². The monoisotopic (exact) mass is 294 g/mol. The lowest BCUT2D eigenvalue weighted by atomic mass is 10.0. The number of nitrogens with zero attached hydrogens (tertiary/aromatic N) is 2. The van der Waals surface area contributed by atoms with Crippen molar-refractivity contribution in [3.05, 3.63) is 24.3 Å². The summed E-state index contributed by atoms with van der Waals surface area (Å²) in [7, 11) is -3.56. The molecule has 1 aliphatic heterocycles. The third-order valence-corrected chi connectivity index (χ3v) is 5.46. The van der Waals surface area contributed by atoms with E-state index >= 15 is 0 Å². The summed E-state index contributed by atoms with van der Waals surface area (Å²) < 4.78 is 26.7. The quantitative estimate of drug-likeness (QED) is 0.880. The Morgan fingerprint density at radius 3 is 2.95 bits per heavy atom. The third-order valence-electron chi connectivity index (χ3n) is 3.77. The lowest BCUT2D eigenvalue weighted by Gasteiger charge is -2.30. The first kappa shape index (κ1) is 13.5. The molecule has 1 fully saturated rings. The molecule has 2 heterocycles. The van der Waals surface area contributed by atoms with Crippen molar-refractivity contribution in [2.75, 3.05) is 19.6 Å². The Morgan fingerprint density at radius 2 is 2.20 bits per heavy atom. The summed E-state index contributed by atoms with van der Waals surface area (Å²) in [6, 6.07) is 7.30. The fourth-order valence-corrected chi connectivity index (χ4v) is 4.09. The number of rotatable bonds is 3. The summed E-state index contributed by atoms with van der Waals surface area (Å²) >= 11 is 0. The van der Waals surface area contributed by atoms with E-state index in [-0.39, 0.29) is 11.1 Å². The molecule has 108 valence electrons. The second kappa shape index (κ2) is 5.16. The lowest BCUT2D eigenvalue weighted by molar-refractivity contribution is 0.270. The number of hydrogen-bond acceptors (Lipinski definition) is 4. The fourth-order valence-electron chi connectivity index (χ4n) is 2.61. The van der Waals surface area contributed by atoms with Crippen LogP contribution in [0.1, 0.15) is 12.8 Å². The third kappa shape index (κ3) is 2.32. The van der Waals surface area contributed by atoms with Gasteiger partial charge in [-0.05, 0) is 37.4 Å². The summed E-state index contributed by atoms with van der Waals surface area (Å²) in [6.07, 6.45) is 1.84. The van der Waals surface area contributed by atoms with Crippen LogP contribution in [0.3, 0.4) is 0 Å². The van der Waals surface area contributed by atoms with Gasteiger partial charge >= 0.3 is 0 Å². The Balaban J connectivity index is 1.94. The molecule has 1 saturated heterocycles. The molecule has 3 rings (SSSR count). The number of H-pyrrole nitrogens is 1. The van der Waals surface area contributed by atoms with Crippen molar-refractivity contribution in [2.45, 2.75) is 18.0 Å². The summed E-state index contributed by atoms with van der Waals surface area (Å²) in [4.78, 5) is 7.09. The summed E-state index contributed by atoms with van der Waals surface area (Å²) in [5.74, 6) is 0.239. The van der Waals surface area contributed by atoms with E-state index in [1.165, 1.54) is 4.31 Å². The number of fused-ring (bicyclic) bond motifs is 1. The number of hydrogen-bond donors (Lipinski definition) is 2. The van der Waals surface area contributed by atoms with Gasteiger partial charge in [0.1, 0.15) is 0 Å². The number of aromatic amines is 1. The SMILES string of the molecule is NC[C@@H]1CCCN(S(=O)(=O)c2nc3ccccc3[nH]2)C1. The minimum Gasteiger partial charge on any atom is -0.330 e. The van der Waals surface area contributed by atoms with Gasteiger partial charge in [0.25, 0.3) is 10.0 Å². The van der Waals surface area contributed by atoms with Crippen LogP contribution in [0.25, 0.3) is 11.0 Å². The van der Waals surface area contributed by atoms with Crippen LogP contribution < -0.4 is 5.73 Å². The Bertz CT molecular complexity index is 677. The van der Waals surface area contributed by atoms with Gasteiger partial charge < -0.3 is 10.7 Å². The maximum Gasteiger partial charge on any atom is 0.276 e. The van der Waals surface area contributed by atoms with Gasteiger partial charge in [-0.15, -0.1) is 0 Å². The van der Waals surface area contributed by atoms with E-state index in [1.807, 2.05) is 18.2 Å². The highest BCUT2D eigenvalue weighted by Gasteiger charge is 2.31. The lowest BCUT2D eigenvalue weighted by Crippen LogP contribution is -2.42. The summed E-state index contributed by atoms with van der Waals surface area (Å²) in [5.41, 5.74) is 7.06. The highest BCUT2D eigenvalue weighted by atomic mass is 32.2. The Morgan fingerprint density at radius 1 is 1.40 bits per heavy atom. The molecule has 2 aromatic rings. The molecule has 1 aromatic heterocycles. The van der Waals surface area contributed by atoms with Crippen molar-refractivity contribution < 1.29 is 8.42 Å². The van der Waals surface area contributed by atoms with Crippen LogP contribution in [0.2, 0.25) is 0 Å². The molecule has 3 N–H and O–H groups in total. The number of piperidine rings is 1. The molecule has 1 atom stereocenters. The molecule has 1 aliphatic rings. The van der Waals surface area contributed by atoms with Crippen molar-refractivity contribution in [3.8, 4) is 0 Å². The van der Waals surface area contributed by atoms with E-state index in [1.54, 1.807) is 6.07 Å². The number of aromatic nitrogens is 2. The van der Waals surface area contributed by atoms with E-state index in [0.29, 0.717) is 25.2 Å². The van der Waals surface area contributed by atoms with E-state index in [9.17, 15) is 8.42 Å². The standard InChI is InChI=1S/C13H18N4O2S/c14-8-10-4-3-7-17(9-10)20(18,19)13-15-11-5-1-2-6-12(11)16-13/h1-2,5-6,10H,3-4,7-9,14H2,(H,15,16)/t10-/m0/s1. The van der Waals surface area contributed by atoms with Gasteiger partial charge in [0.05, 0.1) is 11.0 Å². The maximum atomic E-state index is 12.6. The molecule has 0 saturated carbocycles. The first-order chi connectivity index (χ1) is 9.61. The van der Waals surface area contributed by atoms with Crippen molar-refractivity contribution in [1.82, 2.24) is 14.3 Å². The minimum absolute atomic E-state index is 0.0244. The molecule has 0 radical (unpaired) electrons. The van der Waals surface area contributed by atoms with Crippen LogP contribution in [0.4, 0.5) is 0 Å². The Hall–Kier alpha value is -1.44. The number of nitrogens with one attached hydrogen (secondary N) is 1. The van der Waals surface area contributed by atoms with Gasteiger partial charge in [0, 0.05) is 13.1 Å². The molecular weight excluding hydrogens is 276 g/mol. The molecule has 0 spiro atoms. The molecule has 1 aromatic carbocycles. The average molecular weight is 294 g/mol. The first-order valence-corrected chi connectivity index (χ1v) is 8.20. The zero-order valence-corrected chi connectivity index (χ0v) is 11.9. The maximum absolute atomic E-state index is 12.6. The number of sulfonamides is 1. The highest BCUT2D eigenvalue weighted by molar-refractivity contribution is 7.89. The molecule has 0 amide bonds. The van der Waals surface area contributed by atoms with Gasteiger partial charge in [-0.1, -0.05) is 12.1 Å². The largest absolute Gasteiger partial charge is 0.330 e. The topological polar surface area (TPSA) is 92.1 Å². The predicted octanol–water partition coefficient (Wildman–Crippen LogP) is 0.922.